The van der Waals surface area contributed by atoms with Crippen LogP contribution in [0.1, 0.15) is 49.8 Å². The number of phenolic OH excluding ortho intramolecular Hbond substituents is 2. The summed E-state index contributed by atoms with van der Waals surface area (Å²) in [5.41, 5.74) is 6.65. The molecule has 0 amide bonds. The molecule has 0 saturated carbocycles. The first-order valence-electron chi connectivity index (χ1n) is 23.6. The lowest BCUT2D eigenvalue weighted by atomic mass is 9.90. The van der Waals surface area contributed by atoms with Gasteiger partial charge in [-0.05, 0) is 114 Å². The van der Waals surface area contributed by atoms with Gasteiger partial charge in [-0.3, -0.25) is 34.5 Å². The Morgan fingerprint density at radius 3 is 1.72 bits per heavy atom. The number of hydrogen-bond donors (Lipinski definition) is 5. The van der Waals surface area contributed by atoms with Crippen LogP contribution in [0.3, 0.4) is 0 Å². The molecule has 17 heteroatoms. The van der Waals surface area contributed by atoms with Crippen LogP contribution in [-0.2, 0) is 55.2 Å². The lowest BCUT2D eigenvalue weighted by molar-refractivity contribution is -0.142. The fourth-order valence-corrected chi connectivity index (χ4v) is 9.21. The molecule has 0 bridgehead atoms. The second-order valence-corrected chi connectivity index (χ2v) is 18.0. The van der Waals surface area contributed by atoms with Crippen molar-refractivity contribution in [2.45, 2.75) is 51.7 Å². The van der Waals surface area contributed by atoms with Gasteiger partial charge in [-0.25, -0.2) is 9.59 Å². The molecule has 0 fully saturated rings. The number of carboxylic acids is 1. The highest BCUT2D eigenvalue weighted by Gasteiger charge is 2.26. The highest BCUT2D eigenvalue weighted by molar-refractivity contribution is 7.80. The Hall–Kier alpha value is -8.90. The van der Waals surface area contributed by atoms with Crippen molar-refractivity contribution in [2.75, 3.05) is 12.4 Å². The lowest BCUT2D eigenvalue weighted by Crippen LogP contribution is -2.44. The minimum Gasteiger partial charge on any atom is -0.508 e. The first-order valence-corrected chi connectivity index (χ1v) is 24.0. The smallest absolute Gasteiger partial charge is 0.336 e. The number of ether oxygens (including phenoxy) is 1. The van der Waals surface area contributed by atoms with Crippen LogP contribution in [-0.4, -0.2) is 75.3 Å². The highest BCUT2D eigenvalue weighted by Crippen LogP contribution is 2.43. The summed E-state index contributed by atoms with van der Waals surface area (Å²) in [5.74, 6) is -1.62. The van der Waals surface area contributed by atoms with Gasteiger partial charge in [-0.15, -0.1) is 0 Å². The van der Waals surface area contributed by atoms with Crippen molar-refractivity contribution in [2.24, 2.45) is 0 Å². The van der Waals surface area contributed by atoms with E-state index in [2.05, 4.69) is 40.4 Å². The number of phenols is 2. The van der Waals surface area contributed by atoms with E-state index in [9.17, 15) is 29.7 Å². The van der Waals surface area contributed by atoms with Crippen LogP contribution < -0.4 is 16.1 Å². The second kappa shape index (κ2) is 23.1. The van der Waals surface area contributed by atoms with Gasteiger partial charge >= 0.3 is 11.9 Å². The van der Waals surface area contributed by atoms with Crippen molar-refractivity contribution in [1.82, 2.24) is 35.1 Å². The predicted octanol–water partition coefficient (Wildman–Crippen LogP) is 8.73. The predicted molar refractivity (Wildman–Crippen MR) is 283 cm³/mol. The maximum absolute atomic E-state index is 13.8. The molecule has 7 aromatic rings. The first-order chi connectivity index (χ1) is 36.0. The van der Waals surface area contributed by atoms with Gasteiger partial charge in [-0.1, -0.05) is 36.4 Å². The molecule has 9 rings (SSSR count). The number of anilines is 1. The third-order valence-electron chi connectivity index (χ3n) is 12.2. The number of methoxy groups -OCH3 is 1. The van der Waals surface area contributed by atoms with Gasteiger partial charge in [0.25, 0.3) is 0 Å². The van der Waals surface area contributed by atoms with E-state index in [1.165, 1.54) is 37.4 Å². The number of carboxylic acid groups (broad SMARTS) is 1. The number of benzene rings is 4. The molecule has 74 heavy (non-hydrogen) atoms. The summed E-state index contributed by atoms with van der Waals surface area (Å²) in [6, 6.07) is 39.0. The zero-order valence-electron chi connectivity index (χ0n) is 40.1. The minimum atomic E-state index is -1.21. The molecule has 1 atom stereocenters. The highest BCUT2D eigenvalue weighted by atomic mass is 32.1. The van der Waals surface area contributed by atoms with Crippen molar-refractivity contribution in [1.29, 1.82) is 0 Å². The second-order valence-electron chi connectivity index (χ2n) is 17.6. The van der Waals surface area contributed by atoms with Crippen LogP contribution in [0.25, 0.3) is 33.4 Å². The van der Waals surface area contributed by atoms with Crippen molar-refractivity contribution in [3.8, 4) is 33.9 Å². The molecule has 16 nitrogen and oxygen atoms in total. The molecular formula is C57H50N8O8S. The maximum Gasteiger partial charge on any atom is 0.336 e. The molecule has 3 aromatic carbocycles. The van der Waals surface area contributed by atoms with Crippen LogP contribution >= 0.6 is 12.2 Å². The fraction of sp³-hybridized carbons (Fsp3) is 0.158. The molecule has 4 aromatic heterocycles. The monoisotopic (exact) mass is 1010 g/mol. The first kappa shape index (κ1) is 50.1. The van der Waals surface area contributed by atoms with Crippen molar-refractivity contribution in [3.05, 3.63) is 220 Å². The van der Waals surface area contributed by atoms with Gasteiger partial charge in [0.05, 0.1) is 35.4 Å². The Morgan fingerprint density at radius 1 is 0.662 bits per heavy atom. The molecule has 2 aliphatic rings. The number of hydrogen-bond acceptors (Lipinski definition) is 14. The van der Waals surface area contributed by atoms with Gasteiger partial charge < -0.3 is 35.1 Å². The summed E-state index contributed by atoms with van der Waals surface area (Å²) in [6.45, 7) is 2.34. The number of pyridine rings is 4. The van der Waals surface area contributed by atoms with Crippen LogP contribution in [0.15, 0.2) is 174 Å². The van der Waals surface area contributed by atoms with Gasteiger partial charge in [-0.2, -0.15) is 0 Å². The average Bonchev–Trinajstić information content (AvgIpc) is 3.40. The van der Waals surface area contributed by atoms with Crippen LogP contribution in [0.4, 0.5) is 5.69 Å². The summed E-state index contributed by atoms with van der Waals surface area (Å²) in [6.07, 6.45) is 7.04. The zero-order chi connectivity index (χ0) is 51.6. The van der Waals surface area contributed by atoms with E-state index in [0.29, 0.717) is 65.1 Å². The molecule has 0 radical (unpaired) electrons. The Bertz CT molecular complexity index is 3270. The van der Waals surface area contributed by atoms with Gasteiger partial charge in [0, 0.05) is 116 Å². The largest absolute Gasteiger partial charge is 0.508 e. The summed E-state index contributed by atoms with van der Waals surface area (Å²) >= 11 is 5.86. The number of esters is 1. The molecule has 0 spiro atoms. The van der Waals surface area contributed by atoms with Crippen molar-refractivity contribution in [3.63, 3.8) is 0 Å². The Morgan fingerprint density at radius 2 is 1.22 bits per heavy atom. The van der Waals surface area contributed by atoms with Crippen LogP contribution in [0.2, 0.25) is 0 Å². The molecule has 1 aliphatic carbocycles. The number of fused-ring (bicyclic) bond motifs is 2. The number of aromatic carboxylic acids is 1. The molecule has 0 saturated heterocycles. The lowest BCUT2D eigenvalue weighted by Gasteiger charge is -2.26. The van der Waals surface area contributed by atoms with Crippen molar-refractivity contribution >= 4 is 45.9 Å². The standard InChI is InChI=1S/C57H50N8O8S/c1-72-56(71)50(63-57(74)62-39-14-17-46(55(69)70)49(27-39)53-47-18-15-44(66)28-51(47)73-52-29-45(67)16-19-48(52)53)26-36-24-37(30-64(32-40-10-2-6-20-58-40)33-41-11-3-7-21-59-41)54(68)38(25-36)31-65(34-42-12-4-8-22-60-42)35-43-13-5-9-23-61-43/h2-25,27-29,50,66,68H,26,30-35H2,1H3,(H,69,70)(H2,62,63,74)/t50-/m0/s1. The third-order valence-corrected chi connectivity index (χ3v) is 12.5. The summed E-state index contributed by atoms with van der Waals surface area (Å²) in [4.78, 5) is 61.7. The Kier molecular flexibility index (Phi) is 15.6. The Balaban J connectivity index is 1.05. The molecule has 372 valence electrons. The number of nitrogens with one attached hydrogen (secondary N) is 2. The van der Waals surface area contributed by atoms with E-state index in [0.717, 1.165) is 22.8 Å². The average molecular weight is 1010 g/mol. The van der Waals surface area contributed by atoms with E-state index < -0.39 is 18.0 Å². The quantitative estimate of drug-likeness (QED) is 0.0291. The van der Waals surface area contributed by atoms with E-state index in [-0.39, 0.29) is 64.0 Å². The van der Waals surface area contributed by atoms with Gasteiger partial charge in [0.15, 0.2) is 10.5 Å². The topological polar surface area (TPSA) is 216 Å². The number of carbonyl (C=O) groups is 2. The summed E-state index contributed by atoms with van der Waals surface area (Å²) in [7, 11) is 1.29. The maximum atomic E-state index is 13.8. The number of nitrogens with zero attached hydrogens (tertiary/aromatic N) is 6. The number of carbonyl (C=O) groups excluding carboxylic acids is 1. The number of rotatable bonds is 19. The Labute approximate surface area is 431 Å². The number of thiocarbonyl (C=S) groups is 1. The van der Waals surface area contributed by atoms with E-state index in [1.54, 1.807) is 49.1 Å². The van der Waals surface area contributed by atoms with E-state index >= 15 is 0 Å². The van der Waals surface area contributed by atoms with E-state index in [1.807, 2.05) is 84.9 Å². The molecule has 1 aliphatic heterocycles. The van der Waals surface area contributed by atoms with E-state index in [4.69, 9.17) is 21.4 Å². The normalized spacial score (nSPS) is 11.7. The van der Waals surface area contributed by atoms with Gasteiger partial charge in [0.2, 0.25) is 0 Å². The SMILES string of the molecule is COC(=O)[C@H](Cc1cc(CN(Cc2ccccn2)Cc2ccccn2)c(O)c(CN(Cc2ccccn2)Cc2ccccn2)c1)NC(=S)Nc1ccc(C(=O)O)c(-c2c3ccc(=O)cc-3oc3cc(O)ccc23)c1. The molecular weight excluding hydrogens is 957 g/mol. The van der Waals surface area contributed by atoms with Crippen molar-refractivity contribution < 1.29 is 34.1 Å². The molecule has 5 heterocycles. The van der Waals surface area contributed by atoms with Crippen LogP contribution in [0, 0.1) is 0 Å². The molecule has 5 N–H and O–H groups in total. The third kappa shape index (κ3) is 12.4. The summed E-state index contributed by atoms with van der Waals surface area (Å²) < 4.78 is 11.4. The summed E-state index contributed by atoms with van der Waals surface area (Å²) in [5, 5.41) is 39.9. The fourth-order valence-electron chi connectivity index (χ4n) is 8.95. The van der Waals surface area contributed by atoms with Gasteiger partial charge in [0.1, 0.15) is 28.9 Å². The minimum absolute atomic E-state index is 0.0288. The number of aromatic nitrogens is 4. The van der Waals surface area contributed by atoms with Crippen LogP contribution in [0.5, 0.6) is 11.5 Å². The zero-order valence-corrected chi connectivity index (χ0v) is 40.9. The molecule has 0 unspecified atom stereocenters. The number of aromatic hydroxyl groups is 2.